The molecule has 1 aromatic carbocycles. The Labute approximate surface area is 148 Å². The second-order valence-corrected chi connectivity index (χ2v) is 6.34. The van der Waals surface area contributed by atoms with Crippen LogP contribution in [0, 0.1) is 0 Å². The van der Waals surface area contributed by atoms with Crippen LogP contribution in [0.5, 0.6) is 0 Å². The van der Waals surface area contributed by atoms with E-state index in [2.05, 4.69) is 15.2 Å². The number of pyridine rings is 1. The first kappa shape index (κ1) is 18.9. The van der Waals surface area contributed by atoms with Crippen molar-refractivity contribution in [2.45, 2.75) is 19.8 Å². The van der Waals surface area contributed by atoms with Gasteiger partial charge in [0.15, 0.2) is 0 Å². The fraction of sp³-hybridized carbons (Fsp3) is 0.421. The highest BCUT2D eigenvalue weighted by Gasteiger charge is 2.12. The minimum atomic E-state index is -0.114. The maximum absolute atomic E-state index is 12.3. The summed E-state index contributed by atoms with van der Waals surface area (Å²) in [4.78, 5) is 32.2. The number of nitrogens with one attached hydrogen (secondary N) is 1. The molecule has 6 nitrogen and oxygen atoms in total. The number of carbonyl (C=O) groups excluding carboxylic acids is 2. The molecule has 6 heteroatoms. The Hall–Kier alpha value is -2.47. The second-order valence-electron chi connectivity index (χ2n) is 6.34. The van der Waals surface area contributed by atoms with E-state index in [4.69, 9.17) is 0 Å². The van der Waals surface area contributed by atoms with Crippen LogP contribution in [0.1, 0.15) is 19.8 Å². The van der Waals surface area contributed by atoms with Gasteiger partial charge in [0.2, 0.25) is 11.8 Å². The molecular formula is C19H26N4O2. The first-order valence-electron chi connectivity index (χ1n) is 8.51. The van der Waals surface area contributed by atoms with E-state index >= 15 is 0 Å². The molecule has 0 spiro atoms. The maximum Gasteiger partial charge on any atom is 0.226 e. The summed E-state index contributed by atoms with van der Waals surface area (Å²) in [6.45, 7) is 3.54. The molecule has 0 aliphatic carbocycles. The summed E-state index contributed by atoms with van der Waals surface area (Å²) < 4.78 is 0. The maximum atomic E-state index is 12.3. The molecule has 134 valence electrons. The number of amides is 2. The second kappa shape index (κ2) is 9.13. The molecule has 0 bridgehead atoms. The molecule has 0 aliphatic rings. The zero-order chi connectivity index (χ0) is 18.2. The number of aromatic nitrogens is 1. The predicted octanol–water partition coefficient (Wildman–Crippen LogP) is 2.36. The third-order valence-electron chi connectivity index (χ3n) is 3.99. The molecule has 2 rings (SSSR count). The highest BCUT2D eigenvalue weighted by atomic mass is 16.2. The molecule has 0 saturated heterocycles. The molecule has 0 unspecified atom stereocenters. The molecule has 2 aromatic rings. The number of hydrogen-bond donors (Lipinski definition) is 1. The number of benzene rings is 1. The van der Waals surface area contributed by atoms with E-state index in [0.717, 1.165) is 23.9 Å². The van der Waals surface area contributed by atoms with Crippen molar-refractivity contribution in [1.29, 1.82) is 0 Å². The summed E-state index contributed by atoms with van der Waals surface area (Å²) in [5.41, 5.74) is 1.47. The van der Waals surface area contributed by atoms with Crippen molar-refractivity contribution < 1.29 is 9.59 Å². The minimum Gasteiger partial charge on any atom is -0.342 e. The lowest BCUT2D eigenvalue weighted by molar-refractivity contribution is -0.129. The van der Waals surface area contributed by atoms with E-state index < -0.39 is 0 Å². The van der Waals surface area contributed by atoms with Crippen molar-refractivity contribution in [3.8, 4) is 0 Å². The van der Waals surface area contributed by atoms with Gasteiger partial charge in [-0.3, -0.25) is 14.6 Å². The van der Waals surface area contributed by atoms with Gasteiger partial charge in [-0.2, -0.15) is 0 Å². The quantitative estimate of drug-likeness (QED) is 0.800. The Morgan fingerprint density at radius 3 is 2.56 bits per heavy atom. The summed E-state index contributed by atoms with van der Waals surface area (Å²) in [5, 5.41) is 3.89. The molecule has 1 heterocycles. The van der Waals surface area contributed by atoms with Gasteiger partial charge in [0.05, 0.1) is 11.2 Å². The van der Waals surface area contributed by atoms with Crippen molar-refractivity contribution in [2.24, 2.45) is 0 Å². The highest BCUT2D eigenvalue weighted by molar-refractivity contribution is 6.00. The van der Waals surface area contributed by atoms with E-state index in [0.29, 0.717) is 18.8 Å². The average Bonchev–Trinajstić information content (AvgIpc) is 2.57. The van der Waals surface area contributed by atoms with Gasteiger partial charge in [-0.1, -0.05) is 18.2 Å². The molecule has 0 aliphatic heterocycles. The number of anilines is 1. The van der Waals surface area contributed by atoms with Gasteiger partial charge in [-0.25, -0.2) is 0 Å². The number of carbonyl (C=O) groups is 2. The summed E-state index contributed by atoms with van der Waals surface area (Å²) in [6, 6.07) is 9.52. The average molecular weight is 342 g/mol. The normalized spacial score (nSPS) is 10.9. The topological polar surface area (TPSA) is 65.5 Å². The van der Waals surface area contributed by atoms with E-state index in [1.54, 1.807) is 18.0 Å². The van der Waals surface area contributed by atoms with Gasteiger partial charge in [0, 0.05) is 38.0 Å². The zero-order valence-electron chi connectivity index (χ0n) is 15.2. The van der Waals surface area contributed by atoms with Crippen molar-refractivity contribution in [3.63, 3.8) is 0 Å². The van der Waals surface area contributed by atoms with Crippen LogP contribution in [0.25, 0.3) is 10.9 Å². The van der Waals surface area contributed by atoms with Gasteiger partial charge in [0.25, 0.3) is 0 Å². The van der Waals surface area contributed by atoms with E-state index in [1.165, 1.54) is 0 Å². The molecule has 1 N–H and O–H groups in total. The molecule has 25 heavy (non-hydrogen) atoms. The first-order chi connectivity index (χ1) is 12.0. The van der Waals surface area contributed by atoms with E-state index in [9.17, 15) is 9.59 Å². The fourth-order valence-corrected chi connectivity index (χ4v) is 2.66. The standard InChI is InChI=1S/C19H26N4O2/c1-15(24)23(13-6-12-22(2)3)14-10-18(25)21-17-9-4-7-16-8-5-11-20-19(16)17/h4-5,7-9,11H,6,10,12-14H2,1-3H3,(H,21,25). The van der Waals surface area contributed by atoms with Crippen molar-refractivity contribution >= 4 is 28.4 Å². The highest BCUT2D eigenvalue weighted by Crippen LogP contribution is 2.20. The molecule has 2 amide bonds. The van der Waals surface area contributed by atoms with Gasteiger partial charge in [-0.15, -0.1) is 0 Å². The van der Waals surface area contributed by atoms with Gasteiger partial charge < -0.3 is 15.1 Å². The monoisotopic (exact) mass is 342 g/mol. The van der Waals surface area contributed by atoms with Crippen LogP contribution >= 0.6 is 0 Å². The Bertz CT molecular complexity index is 725. The van der Waals surface area contributed by atoms with Crippen LogP contribution in [-0.2, 0) is 9.59 Å². The predicted molar refractivity (Wildman–Crippen MR) is 100 cm³/mol. The van der Waals surface area contributed by atoms with Crippen molar-refractivity contribution in [1.82, 2.24) is 14.8 Å². The van der Waals surface area contributed by atoms with Gasteiger partial charge in [-0.05, 0) is 39.2 Å². The Kier molecular flexibility index (Phi) is 6.89. The molecule has 1 aromatic heterocycles. The Balaban J connectivity index is 1.91. The van der Waals surface area contributed by atoms with Crippen molar-refractivity contribution in [2.75, 3.05) is 39.0 Å². The molecular weight excluding hydrogens is 316 g/mol. The van der Waals surface area contributed by atoms with E-state index in [1.807, 2.05) is 44.4 Å². The summed E-state index contributed by atoms with van der Waals surface area (Å²) >= 11 is 0. The van der Waals surface area contributed by atoms with Crippen LogP contribution in [0.4, 0.5) is 5.69 Å². The van der Waals surface area contributed by atoms with Crippen LogP contribution < -0.4 is 5.32 Å². The van der Waals surface area contributed by atoms with Crippen LogP contribution in [0.2, 0.25) is 0 Å². The van der Waals surface area contributed by atoms with Gasteiger partial charge >= 0.3 is 0 Å². The lowest BCUT2D eigenvalue weighted by Gasteiger charge is -2.21. The van der Waals surface area contributed by atoms with Gasteiger partial charge in [0.1, 0.15) is 0 Å². The zero-order valence-corrected chi connectivity index (χ0v) is 15.2. The first-order valence-corrected chi connectivity index (χ1v) is 8.51. The number of rotatable bonds is 8. The third-order valence-corrected chi connectivity index (χ3v) is 3.99. The van der Waals surface area contributed by atoms with E-state index in [-0.39, 0.29) is 18.2 Å². The van der Waals surface area contributed by atoms with Crippen molar-refractivity contribution in [3.05, 3.63) is 36.5 Å². The molecule has 0 fully saturated rings. The Morgan fingerprint density at radius 1 is 1.08 bits per heavy atom. The summed E-state index contributed by atoms with van der Waals surface area (Å²) in [7, 11) is 4.01. The smallest absolute Gasteiger partial charge is 0.226 e. The lowest BCUT2D eigenvalue weighted by Crippen LogP contribution is -2.34. The largest absolute Gasteiger partial charge is 0.342 e. The SMILES string of the molecule is CC(=O)N(CCCN(C)C)CCC(=O)Nc1cccc2cccnc12. The molecule has 0 atom stereocenters. The molecule has 0 saturated carbocycles. The number of hydrogen-bond acceptors (Lipinski definition) is 4. The minimum absolute atomic E-state index is 0.00150. The lowest BCUT2D eigenvalue weighted by atomic mass is 10.2. The Morgan fingerprint density at radius 2 is 1.84 bits per heavy atom. The fourth-order valence-electron chi connectivity index (χ4n) is 2.66. The number of fused-ring (bicyclic) bond motifs is 1. The summed E-state index contributed by atoms with van der Waals surface area (Å²) in [6.07, 6.45) is 2.87. The van der Waals surface area contributed by atoms with Crippen LogP contribution in [0.3, 0.4) is 0 Å². The number of nitrogens with zero attached hydrogens (tertiary/aromatic N) is 3. The van der Waals surface area contributed by atoms with Crippen LogP contribution in [0.15, 0.2) is 36.5 Å². The molecule has 0 radical (unpaired) electrons. The summed E-state index contributed by atoms with van der Waals surface area (Å²) in [5.74, 6) is -0.115. The van der Waals surface area contributed by atoms with Crippen LogP contribution in [-0.4, -0.2) is 60.3 Å². The number of para-hydroxylation sites is 1. The third kappa shape index (κ3) is 5.83.